The maximum atomic E-state index is 9.38. The van der Waals surface area contributed by atoms with E-state index in [9.17, 15) is 5.26 Å². The zero-order valence-electron chi connectivity index (χ0n) is 12.9. The van der Waals surface area contributed by atoms with E-state index in [-0.39, 0.29) is 0 Å². The number of hydrogen-bond donors (Lipinski definition) is 0. The Morgan fingerprint density at radius 2 is 1.41 bits per heavy atom. The van der Waals surface area contributed by atoms with Gasteiger partial charge in [0.1, 0.15) is 11.5 Å². The summed E-state index contributed by atoms with van der Waals surface area (Å²) in [5.74, 6) is 1.64. The van der Waals surface area contributed by atoms with Crippen molar-refractivity contribution in [2.24, 2.45) is 0 Å². The van der Waals surface area contributed by atoms with Crippen molar-refractivity contribution in [3.8, 4) is 17.6 Å². The first-order valence-electron chi connectivity index (χ1n) is 7.34. The lowest BCUT2D eigenvalue weighted by Crippen LogP contribution is -1.91. The van der Waals surface area contributed by atoms with Gasteiger partial charge in [-0.15, -0.1) is 0 Å². The standard InChI is InChI=1S/C19H19NO2/c1-3-21-18-9-5-15(6-10-18)13-17(14-20)16-7-11-19(12-8-16)22-4-2/h5-13H,3-4H2,1-2H3. The first-order valence-corrected chi connectivity index (χ1v) is 7.34. The van der Waals surface area contributed by atoms with Crippen LogP contribution in [0.4, 0.5) is 0 Å². The van der Waals surface area contributed by atoms with Crippen molar-refractivity contribution in [3.05, 3.63) is 59.7 Å². The van der Waals surface area contributed by atoms with Gasteiger partial charge in [0, 0.05) is 0 Å². The van der Waals surface area contributed by atoms with Crippen molar-refractivity contribution >= 4 is 11.6 Å². The molecule has 0 aromatic heterocycles. The Morgan fingerprint density at radius 1 is 0.909 bits per heavy atom. The first-order chi connectivity index (χ1) is 10.8. The third-order valence-corrected chi connectivity index (χ3v) is 3.10. The van der Waals surface area contributed by atoms with Crippen molar-refractivity contribution in [3.63, 3.8) is 0 Å². The summed E-state index contributed by atoms with van der Waals surface area (Å²) in [6.45, 7) is 5.17. The van der Waals surface area contributed by atoms with E-state index in [0.717, 1.165) is 22.6 Å². The zero-order chi connectivity index (χ0) is 15.8. The highest BCUT2D eigenvalue weighted by molar-refractivity contribution is 5.89. The van der Waals surface area contributed by atoms with Gasteiger partial charge in [-0.3, -0.25) is 0 Å². The van der Waals surface area contributed by atoms with Crippen LogP contribution >= 0.6 is 0 Å². The number of benzene rings is 2. The summed E-state index contributed by atoms with van der Waals surface area (Å²) in [5, 5.41) is 9.38. The van der Waals surface area contributed by atoms with Gasteiger partial charge in [-0.2, -0.15) is 5.26 Å². The summed E-state index contributed by atoms with van der Waals surface area (Å²) in [6, 6.07) is 17.5. The molecule has 0 fully saturated rings. The first kappa shape index (κ1) is 15.7. The highest BCUT2D eigenvalue weighted by Gasteiger charge is 2.02. The summed E-state index contributed by atoms with van der Waals surface area (Å²) in [7, 11) is 0. The molecule has 0 atom stereocenters. The van der Waals surface area contributed by atoms with Crippen LogP contribution in [0, 0.1) is 11.3 Å². The summed E-state index contributed by atoms with van der Waals surface area (Å²) >= 11 is 0. The predicted octanol–water partition coefficient (Wildman–Crippen LogP) is 4.55. The molecule has 2 aromatic carbocycles. The number of ether oxygens (including phenoxy) is 2. The minimum absolute atomic E-state index is 0.618. The van der Waals surface area contributed by atoms with Crippen LogP contribution in [0.1, 0.15) is 25.0 Å². The Kier molecular flexibility index (Phi) is 5.62. The third-order valence-electron chi connectivity index (χ3n) is 3.10. The summed E-state index contributed by atoms with van der Waals surface area (Å²) in [4.78, 5) is 0. The molecule has 0 N–H and O–H groups in total. The maximum absolute atomic E-state index is 9.38. The molecular formula is C19H19NO2. The van der Waals surface area contributed by atoms with Crippen LogP contribution in [0.5, 0.6) is 11.5 Å². The van der Waals surface area contributed by atoms with Crippen LogP contribution in [-0.2, 0) is 0 Å². The minimum Gasteiger partial charge on any atom is -0.494 e. The molecule has 0 radical (unpaired) electrons. The van der Waals surface area contributed by atoms with E-state index >= 15 is 0 Å². The van der Waals surface area contributed by atoms with Crippen molar-refractivity contribution in [1.29, 1.82) is 5.26 Å². The fourth-order valence-corrected chi connectivity index (χ4v) is 2.07. The Hall–Kier alpha value is -2.73. The topological polar surface area (TPSA) is 42.2 Å². The van der Waals surface area contributed by atoms with E-state index in [2.05, 4.69) is 6.07 Å². The molecule has 112 valence electrons. The van der Waals surface area contributed by atoms with Gasteiger partial charge in [0.25, 0.3) is 0 Å². The molecule has 2 rings (SSSR count). The number of rotatable bonds is 6. The number of nitriles is 1. The molecule has 22 heavy (non-hydrogen) atoms. The molecule has 0 saturated heterocycles. The zero-order valence-corrected chi connectivity index (χ0v) is 12.9. The summed E-state index contributed by atoms with van der Waals surface area (Å²) in [5.41, 5.74) is 2.46. The minimum atomic E-state index is 0.618. The number of nitrogens with zero attached hydrogens (tertiary/aromatic N) is 1. The van der Waals surface area contributed by atoms with Crippen LogP contribution < -0.4 is 9.47 Å². The smallest absolute Gasteiger partial charge is 0.119 e. The van der Waals surface area contributed by atoms with E-state index in [4.69, 9.17) is 9.47 Å². The Bertz CT molecular complexity index is 664. The molecule has 3 nitrogen and oxygen atoms in total. The molecule has 0 heterocycles. The SMILES string of the molecule is CCOc1ccc(C=C(C#N)c2ccc(OCC)cc2)cc1. The van der Waals surface area contributed by atoms with Crippen molar-refractivity contribution in [1.82, 2.24) is 0 Å². The van der Waals surface area contributed by atoms with Gasteiger partial charge >= 0.3 is 0 Å². The molecule has 0 unspecified atom stereocenters. The van der Waals surface area contributed by atoms with Gasteiger partial charge in [-0.05, 0) is 67.4 Å². The molecule has 0 saturated carbocycles. The monoisotopic (exact) mass is 293 g/mol. The largest absolute Gasteiger partial charge is 0.494 e. The van der Waals surface area contributed by atoms with Gasteiger partial charge in [0.05, 0.1) is 24.9 Å². The predicted molar refractivity (Wildman–Crippen MR) is 88.7 cm³/mol. The van der Waals surface area contributed by atoms with E-state index in [0.29, 0.717) is 18.8 Å². The second-order valence-electron chi connectivity index (χ2n) is 4.63. The molecule has 0 aliphatic rings. The highest BCUT2D eigenvalue weighted by atomic mass is 16.5. The lowest BCUT2D eigenvalue weighted by Gasteiger charge is -2.05. The third kappa shape index (κ3) is 4.13. The van der Waals surface area contributed by atoms with Gasteiger partial charge in [0.2, 0.25) is 0 Å². The van der Waals surface area contributed by atoms with Crippen LogP contribution in [0.25, 0.3) is 11.6 Å². The van der Waals surface area contributed by atoms with E-state index in [1.165, 1.54) is 0 Å². The number of allylic oxidation sites excluding steroid dienone is 1. The maximum Gasteiger partial charge on any atom is 0.119 e. The fourth-order valence-electron chi connectivity index (χ4n) is 2.07. The van der Waals surface area contributed by atoms with Gasteiger partial charge in [0.15, 0.2) is 0 Å². The second kappa shape index (κ2) is 7.90. The van der Waals surface area contributed by atoms with Crippen molar-refractivity contribution in [2.75, 3.05) is 13.2 Å². The van der Waals surface area contributed by atoms with Crippen LogP contribution in [0.15, 0.2) is 48.5 Å². The van der Waals surface area contributed by atoms with Crippen LogP contribution in [-0.4, -0.2) is 13.2 Å². The summed E-state index contributed by atoms with van der Waals surface area (Å²) < 4.78 is 10.8. The van der Waals surface area contributed by atoms with Crippen molar-refractivity contribution < 1.29 is 9.47 Å². The summed E-state index contributed by atoms with van der Waals surface area (Å²) in [6.07, 6.45) is 1.87. The molecule has 0 amide bonds. The van der Waals surface area contributed by atoms with Gasteiger partial charge in [-0.1, -0.05) is 12.1 Å². The molecule has 2 aromatic rings. The second-order valence-corrected chi connectivity index (χ2v) is 4.63. The Morgan fingerprint density at radius 3 is 1.86 bits per heavy atom. The normalized spacial score (nSPS) is 10.9. The van der Waals surface area contributed by atoms with Crippen LogP contribution in [0.3, 0.4) is 0 Å². The van der Waals surface area contributed by atoms with Crippen molar-refractivity contribution in [2.45, 2.75) is 13.8 Å². The van der Waals surface area contributed by atoms with E-state index < -0.39 is 0 Å². The Balaban J connectivity index is 2.21. The molecule has 3 heteroatoms. The molecule has 0 spiro atoms. The Labute approximate surface area is 131 Å². The lowest BCUT2D eigenvalue weighted by atomic mass is 10.0. The average Bonchev–Trinajstić information content (AvgIpc) is 2.56. The number of hydrogen-bond acceptors (Lipinski definition) is 3. The molecule has 0 aliphatic carbocycles. The fraction of sp³-hybridized carbons (Fsp3) is 0.211. The van der Waals surface area contributed by atoms with E-state index in [1.54, 1.807) is 0 Å². The van der Waals surface area contributed by atoms with Crippen LogP contribution in [0.2, 0.25) is 0 Å². The quantitative estimate of drug-likeness (QED) is 0.579. The van der Waals surface area contributed by atoms with Gasteiger partial charge < -0.3 is 9.47 Å². The molecule has 0 bridgehead atoms. The molecule has 0 aliphatic heterocycles. The lowest BCUT2D eigenvalue weighted by molar-refractivity contribution is 0.340. The average molecular weight is 293 g/mol. The molecular weight excluding hydrogens is 274 g/mol. The highest BCUT2D eigenvalue weighted by Crippen LogP contribution is 2.22. The van der Waals surface area contributed by atoms with Gasteiger partial charge in [-0.25, -0.2) is 0 Å². The van der Waals surface area contributed by atoms with E-state index in [1.807, 2.05) is 68.5 Å².